The summed E-state index contributed by atoms with van der Waals surface area (Å²) in [5, 5.41) is 31.3. The van der Waals surface area contributed by atoms with E-state index in [2.05, 4.69) is 112 Å². The molecule has 1 aliphatic rings. The van der Waals surface area contributed by atoms with Crippen LogP contribution in [0.4, 0.5) is 0 Å². The quantitative estimate of drug-likeness (QED) is 0.0228. The first-order valence-electron chi connectivity index (χ1n) is 27.2. The second-order valence-electron chi connectivity index (χ2n) is 18.1. The van der Waals surface area contributed by atoms with Crippen LogP contribution < -0.4 is 0 Å². The molecule has 1 saturated heterocycles. The number of esters is 3. The van der Waals surface area contributed by atoms with Crippen LogP contribution in [0.25, 0.3) is 0 Å². The highest BCUT2D eigenvalue weighted by Crippen LogP contribution is 2.26. The number of carbonyl (C=O) groups excluding carboxylic acids is 3. The van der Waals surface area contributed by atoms with Gasteiger partial charge < -0.3 is 39.0 Å². The number of aliphatic hydroxyl groups excluding tert-OH is 2. The Labute approximate surface area is 428 Å². The average Bonchev–Trinajstić information content (AvgIpc) is 3.35. The topological polar surface area (TPSA) is 175 Å². The lowest BCUT2D eigenvalue weighted by atomic mass is 9.98. The van der Waals surface area contributed by atoms with Gasteiger partial charge in [-0.25, -0.2) is 4.79 Å². The molecule has 3 N–H and O–H groups in total. The van der Waals surface area contributed by atoms with Gasteiger partial charge in [0, 0.05) is 19.3 Å². The number of aliphatic carboxylic acids is 1. The van der Waals surface area contributed by atoms with E-state index in [4.69, 9.17) is 23.7 Å². The zero-order valence-corrected chi connectivity index (χ0v) is 43.9. The molecule has 0 aromatic heterocycles. The highest BCUT2D eigenvalue weighted by molar-refractivity contribution is 5.74. The van der Waals surface area contributed by atoms with E-state index in [-0.39, 0.29) is 25.9 Å². The Morgan fingerprint density at radius 2 is 0.901 bits per heavy atom. The summed E-state index contributed by atoms with van der Waals surface area (Å²) < 4.78 is 28.2. The second-order valence-corrected chi connectivity index (χ2v) is 18.1. The number of hydrogen-bond donors (Lipinski definition) is 3. The van der Waals surface area contributed by atoms with Gasteiger partial charge in [0.1, 0.15) is 18.8 Å². The zero-order chi connectivity index (χ0) is 51.8. The molecule has 1 fully saturated rings. The lowest BCUT2D eigenvalue weighted by molar-refractivity contribution is -0.301. The van der Waals surface area contributed by atoms with Crippen molar-refractivity contribution in [3.63, 3.8) is 0 Å². The summed E-state index contributed by atoms with van der Waals surface area (Å²) >= 11 is 0. The minimum absolute atomic E-state index is 0.0163. The fourth-order valence-corrected chi connectivity index (χ4v) is 7.53. The van der Waals surface area contributed by atoms with Crippen LogP contribution in [-0.4, -0.2) is 89.2 Å². The molecule has 402 valence electrons. The first kappa shape index (κ1) is 64.7. The predicted octanol–water partition coefficient (Wildman–Crippen LogP) is 13.3. The van der Waals surface area contributed by atoms with Crippen molar-refractivity contribution in [2.45, 2.75) is 237 Å². The average molecular weight is 995 g/mol. The monoisotopic (exact) mass is 995 g/mol. The number of allylic oxidation sites excluding steroid dienone is 16. The van der Waals surface area contributed by atoms with Crippen LogP contribution in [0.2, 0.25) is 0 Å². The minimum atomic E-state index is -1.92. The van der Waals surface area contributed by atoms with Crippen molar-refractivity contribution in [2.75, 3.05) is 13.2 Å². The first-order valence-corrected chi connectivity index (χ1v) is 27.2. The molecule has 0 bridgehead atoms. The molecule has 12 nitrogen and oxygen atoms in total. The van der Waals surface area contributed by atoms with Crippen molar-refractivity contribution < 1.29 is 58.2 Å². The summed E-state index contributed by atoms with van der Waals surface area (Å²) in [7, 11) is 0. The standard InChI is InChI=1S/C59H94O12/c1-4-7-10-13-16-19-22-24-25-26-27-29-31-33-36-39-42-45-51(60)67-48-50(69-52(61)46-43-40-37-34-30-21-18-15-12-9-6-3)49-68-59-57(55(64)54(63)56(71-59)58(65)66)70-53(62)47-44-41-38-35-32-28-23-20-17-14-11-8-5-2/h7-8,10-11,16-17,19-20,24-25,27-29,32-33,36,50,54-57,59,63-64H,4-6,9,12-15,18,21-23,26,30-31,34-35,37-49H2,1-3H3,(H,65,66)/b10-7-,11-8-,19-16-,20-17-,25-24-,29-27-,32-28-,36-33-. The van der Waals surface area contributed by atoms with Crippen molar-refractivity contribution >= 4 is 23.9 Å². The maximum Gasteiger partial charge on any atom is 0.335 e. The maximum atomic E-state index is 13.1. The Balaban J connectivity index is 2.77. The van der Waals surface area contributed by atoms with E-state index in [1.807, 2.05) is 6.08 Å². The summed E-state index contributed by atoms with van der Waals surface area (Å²) in [4.78, 5) is 50.9. The third-order valence-electron chi connectivity index (χ3n) is 11.7. The Morgan fingerprint density at radius 3 is 1.39 bits per heavy atom. The van der Waals surface area contributed by atoms with Gasteiger partial charge in [0.25, 0.3) is 0 Å². The highest BCUT2D eigenvalue weighted by atomic mass is 16.7. The van der Waals surface area contributed by atoms with Crippen molar-refractivity contribution in [2.24, 2.45) is 0 Å². The lowest BCUT2D eigenvalue weighted by Crippen LogP contribution is -2.61. The SMILES string of the molecule is CC/C=C\C/C=C\C/C=C\C/C=C\C/C=C\CCCC(=O)OCC(COC1OC(C(=O)O)C(O)C(O)C1OC(=O)CCCCC/C=C\C/C=C\C/C=C\CC)OC(=O)CCCCCCCCCCCCC. The molecule has 6 atom stereocenters. The third-order valence-corrected chi connectivity index (χ3v) is 11.7. The van der Waals surface area contributed by atoms with Gasteiger partial charge in [0.2, 0.25) is 0 Å². The number of unbranched alkanes of at least 4 members (excludes halogenated alkanes) is 14. The fraction of sp³-hybridized carbons (Fsp3) is 0.661. The number of ether oxygens (including phenoxy) is 5. The van der Waals surface area contributed by atoms with Crippen LogP contribution in [0.3, 0.4) is 0 Å². The second kappa shape index (κ2) is 46.7. The number of aliphatic hydroxyl groups is 2. The number of carboxylic acid groups (broad SMARTS) is 1. The Bertz CT molecular complexity index is 1610. The van der Waals surface area contributed by atoms with E-state index in [1.165, 1.54) is 44.9 Å². The summed E-state index contributed by atoms with van der Waals surface area (Å²) in [6.07, 6.45) is 48.3. The smallest absolute Gasteiger partial charge is 0.335 e. The van der Waals surface area contributed by atoms with Crippen LogP contribution in [-0.2, 0) is 42.9 Å². The molecule has 0 aromatic carbocycles. The van der Waals surface area contributed by atoms with E-state index >= 15 is 0 Å². The lowest BCUT2D eigenvalue weighted by Gasteiger charge is -2.40. The van der Waals surface area contributed by atoms with Crippen molar-refractivity contribution in [3.8, 4) is 0 Å². The number of hydrogen-bond acceptors (Lipinski definition) is 11. The van der Waals surface area contributed by atoms with Crippen molar-refractivity contribution in [3.05, 3.63) is 97.2 Å². The van der Waals surface area contributed by atoms with Gasteiger partial charge in [0.05, 0.1) is 6.61 Å². The summed E-state index contributed by atoms with van der Waals surface area (Å²) in [5.74, 6) is -3.25. The number of carbonyl (C=O) groups is 4. The molecule has 1 rings (SSSR count). The molecule has 0 spiro atoms. The molecule has 0 aromatic rings. The molecular formula is C59H94O12. The predicted molar refractivity (Wildman–Crippen MR) is 284 cm³/mol. The summed E-state index contributed by atoms with van der Waals surface area (Å²) in [6.45, 7) is 5.66. The van der Waals surface area contributed by atoms with Crippen molar-refractivity contribution in [1.29, 1.82) is 0 Å². The molecule has 0 aliphatic carbocycles. The fourth-order valence-electron chi connectivity index (χ4n) is 7.53. The van der Waals surface area contributed by atoms with Crippen LogP contribution >= 0.6 is 0 Å². The molecule has 71 heavy (non-hydrogen) atoms. The molecule has 6 unspecified atom stereocenters. The number of carboxylic acids is 1. The first-order chi connectivity index (χ1) is 34.6. The van der Waals surface area contributed by atoms with Gasteiger partial charge in [-0.05, 0) is 89.9 Å². The van der Waals surface area contributed by atoms with Gasteiger partial charge in [-0.2, -0.15) is 0 Å². The van der Waals surface area contributed by atoms with Gasteiger partial charge in [-0.15, -0.1) is 0 Å². The van der Waals surface area contributed by atoms with E-state index in [1.54, 1.807) is 0 Å². The molecule has 0 radical (unpaired) electrons. The largest absolute Gasteiger partial charge is 0.479 e. The van der Waals surface area contributed by atoms with Crippen LogP contribution in [0, 0.1) is 0 Å². The van der Waals surface area contributed by atoms with Crippen LogP contribution in [0.15, 0.2) is 97.2 Å². The Kier molecular flexibility index (Phi) is 42.5. The maximum absolute atomic E-state index is 13.1. The van der Waals surface area contributed by atoms with Gasteiger partial charge in [-0.1, -0.05) is 189 Å². The molecule has 0 amide bonds. The van der Waals surface area contributed by atoms with Gasteiger partial charge >= 0.3 is 23.9 Å². The normalized spacial score (nSPS) is 19.3. The number of rotatable bonds is 44. The zero-order valence-electron chi connectivity index (χ0n) is 43.9. The van der Waals surface area contributed by atoms with E-state index in [9.17, 15) is 34.5 Å². The molecule has 0 saturated carbocycles. The third kappa shape index (κ3) is 37.1. The van der Waals surface area contributed by atoms with Crippen molar-refractivity contribution in [1.82, 2.24) is 0 Å². The molecular weight excluding hydrogens is 901 g/mol. The minimum Gasteiger partial charge on any atom is -0.479 e. The van der Waals surface area contributed by atoms with E-state index in [0.717, 1.165) is 89.9 Å². The van der Waals surface area contributed by atoms with E-state index < -0.39 is 67.3 Å². The summed E-state index contributed by atoms with van der Waals surface area (Å²) in [5.41, 5.74) is 0. The summed E-state index contributed by atoms with van der Waals surface area (Å²) in [6, 6.07) is 0. The molecule has 1 heterocycles. The van der Waals surface area contributed by atoms with Crippen LogP contribution in [0.1, 0.15) is 201 Å². The highest BCUT2D eigenvalue weighted by Gasteiger charge is 2.50. The van der Waals surface area contributed by atoms with Gasteiger partial charge in [0.15, 0.2) is 24.6 Å². The Morgan fingerprint density at radius 1 is 0.479 bits per heavy atom. The molecule has 1 aliphatic heterocycles. The van der Waals surface area contributed by atoms with Gasteiger partial charge in [-0.3, -0.25) is 14.4 Å². The Hall–Kier alpha value is -4.36. The van der Waals surface area contributed by atoms with Crippen LogP contribution in [0.5, 0.6) is 0 Å². The molecule has 12 heteroatoms. The van der Waals surface area contributed by atoms with E-state index in [0.29, 0.717) is 25.7 Å².